The van der Waals surface area contributed by atoms with Crippen LogP contribution in [0.25, 0.3) is 0 Å². The molecule has 0 aliphatic heterocycles. The Kier molecular flexibility index (Phi) is 6.35. The lowest BCUT2D eigenvalue weighted by molar-refractivity contribution is -0.147. The minimum Gasteiger partial charge on any atom is -0.463 e. The van der Waals surface area contributed by atoms with Crippen molar-refractivity contribution in [2.75, 3.05) is 0 Å². The van der Waals surface area contributed by atoms with Gasteiger partial charge in [-0.25, -0.2) is 0 Å². The third-order valence-corrected chi connectivity index (χ3v) is 4.91. The lowest BCUT2D eigenvalue weighted by Crippen LogP contribution is -2.34. The van der Waals surface area contributed by atoms with Crippen LogP contribution >= 0.6 is 0 Å². The predicted molar refractivity (Wildman–Crippen MR) is 80.0 cm³/mol. The summed E-state index contributed by atoms with van der Waals surface area (Å²) in [4.78, 5) is 11.1. The second-order valence-electron chi connectivity index (χ2n) is 7.06. The summed E-state index contributed by atoms with van der Waals surface area (Å²) >= 11 is 0. The van der Waals surface area contributed by atoms with Crippen molar-refractivity contribution in [3.63, 3.8) is 0 Å². The first-order chi connectivity index (χ1) is 8.86. The summed E-state index contributed by atoms with van der Waals surface area (Å²) in [6, 6.07) is 0. The Morgan fingerprint density at radius 2 is 2.05 bits per heavy atom. The average molecular weight is 268 g/mol. The molecule has 0 saturated heterocycles. The van der Waals surface area contributed by atoms with Gasteiger partial charge in [-0.1, -0.05) is 47.0 Å². The summed E-state index contributed by atoms with van der Waals surface area (Å²) < 4.78 is 5.45. The zero-order chi connectivity index (χ0) is 14.5. The van der Waals surface area contributed by atoms with E-state index in [2.05, 4.69) is 27.7 Å². The molecule has 0 aromatic rings. The Morgan fingerprint density at radius 3 is 2.58 bits per heavy atom. The third kappa shape index (κ3) is 5.16. The first-order valence-corrected chi connectivity index (χ1v) is 8.04. The molecule has 0 bridgehead atoms. The SMILES string of the molecule is CCC[C@H](CC[C@@H]1[C@@H](C)CCCC1(C)C)OC(C)=O. The highest BCUT2D eigenvalue weighted by atomic mass is 16.5. The first kappa shape index (κ1) is 16.5. The lowest BCUT2D eigenvalue weighted by Gasteiger charge is -2.43. The fourth-order valence-electron chi connectivity index (χ4n) is 3.90. The largest absolute Gasteiger partial charge is 0.463 e. The minimum absolute atomic E-state index is 0.130. The fraction of sp³-hybridized carbons (Fsp3) is 0.941. The van der Waals surface area contributed by atoms with Gasteiger partial charge in [-0.2, -0.15) is 0 Å². The molecule has 1 aliphatic carbocycles. The van der Waals surface area contributed by atoms with Gasteiger partial charge in [-0.15, -0.1) is 0 Å². The molecule has 19 heavy (non-hydrogen) atoms. The van der Waals surface area contributed by atoms with Crippen molar-refractivity contribution in [2.45, 2.75) is 85.7 Å². The van der Waals surface area contributed by atoms with Crippen LogP contribution in [0.4, 0.5) is 0 Å². The Bertz CT molecular complexity index is 283. The van der Waals surface area contributed by atoms with Gasteiger partial charge in [0.15, 0.2) is 0 Å². The normalized spacial score (nSPS) is 27.8. The molecule has 1 aliphatic rings. The zero-order valence-corrected chi connectivity index (χ0v) is 13.5. The van der Waals surface area contributed by atoms with Crippen molar-refractivity contribution in [3.05, 3.63) is 0 Å². The monoisotopic (exact) mass is 268 g/mol. The van der Waals surface area contributed by atoms with Gasteiger partial charge < -0.3 is 4.74 Å². The Hall–Kier alpha value is -0.530. The topological polar surface area (TPSA) is 26.3 Å². The number of esters is 1. The molecule has 0 heterocycles. The molecule has 0 unspecified atom stereocenters. The van der Waals surface area contributed by atoms with E-state index in [1.807, 2.05) is 0 Å². The van der Waals surface area contributed by atoms with Gasteiger partial charge in [-0.05, 0) is 42.9 Å². The molecule has 3 atom stereocenters. The van der Waals surface area contributed by atoms with Crippen molar-refractivity contribution < 1.29 is 9.53 Å². The third-order valence-electron chi connectivity index (χ3n) is 4.91. The van der Waals surface area contributed by atoms with Crippen molar-refractivity contribution in [3.8, 4) is 0 Å². The summed E-state index contributed by atoms with van der Waals surface area (Å²) in [6.07, 6.45) is 8.52. The summed E-state index contributed by atoms with van der Waals surface area (Å²) in [7, 11) is 0. The van der Waals surface area contributed by atoms with Gasteiger partial charge >= 0.3 is 5.97 Å². The quantitative estimate of drug-likeness (QED) is 0.636. The number of hydrogen-bond acceptors (Lipinski definition) is 2. The molecule has 0 N–H and O–H groups in total. The second kappa shape index (κ2) is 7.31. The van der Waals surface area contributed by atoms with E-state index in [-0.39, 0.29) is 12.1 Å². The number of rotatable bonds is 6. The second-order valence-corrected chi connectivity index (χ2v) is 7.06. The van der Waals surface area contributed by atoms with Gasteiger partial charge in [0.1, 0.15) is 6.10 Å². The smallest absolute Gasteiger partial charge is 0.302 e. The molecule has 0 aromatic heterocycles. The lowest BCUT2D eigenvalue weighted by atomic mass is 9.62. The molecular weight excluding hydrogens is 236 g/mol. The molecule has 2 heteroatoms. The van der Waals surface area contributed by atoms with Crippen LogP contribution in [0.3, 0.4) is 0 Å². The fourth-order valence-corrected chi connectivity index (χ4v) is 3.90. The average Bonchev–Trinajstić information content (AvgIpc) is 2.26. The Labute approximate surface area is 119 Å². The molecule has 2 nitrogen and oxygen atoms in total. The van der Waals surface area contributed by atoms with E-state index in [4.69, 9.17) is 4.74 Å². The number of carbonyl (C=O) groups is 1. The Morgan fingerprint density at radius 1 is 1.37 bits per heavy atom. The molecule has 1 saturated carbocycles. The highest BCUT2D eigenvalue weighted by molar-refractivity contribution is 5.66. The Balaban J connectivity index is 2.53. The van der Waals surface area contributed by atoms with Crippen LogP contribution in [0, 0.1) is 17.3 Å². The zero-order valence-electron chi connectivity index (χ0n) is 13.5. The maximum Gasteiger partial charge on any atom is 0.302 e. The molecular formula is C17H32O2. The van der Waals surface area contributed by atoms with Crippen molar-refractivity contribution in [1.29, 1.82) is 0 Å². The van der Waals surface area contributed by atoms with E-state index in [1.165, 1.54) is 32.6 Å². The van der Waals surface area contributed by atoms with Crippen LogP contribution in [-0.2, 0) is 9.53 Å². The number of hydrogen-bond donors (Lipinski definition) is 0. The summed E-state index contributed by atoms with van der Waals surface area (Å²) in [6.45, 7) is 10.9. The van der Waals surface area contributed by atoms with Gasteiger partial charge in [0, 0.05) is 6.92 Å². The van der Waals surface area contributed by atoms with Crippen LogP contribution in [0.15, 0.2) is 0 Å². The van der Waals surface area contributed by atoms with Gasteiger partial charge in [0.25, 0.3) is 0 Å². The van der Waals surface area contributed by atoms with E-state index in [1.54, 1.807) is 0 Å². The molecule has 0 spiro atoms. The van der Waals surface area contributed by atoms with Crippen LogP contribution < -0.4 is 0 Å². The molecule has 1 fully saturated rings. The maximum atomic E-state index is 11.1. The summed E-state index contributed by atoms with van der Waals surface area (Å²) in [5.41, 5.74) is 0.449. The highest BCUT2D eigenvalue weighted by Gasteiger charge is 2.36. The van der Waals surface area contributed by atoms with Crippen molar-refractivity contribution >= 4 is 5.97 Å². The standard InChI is InChI=1S/C17H32O2/c1-6-8-15(19-14(3)18)10-11-16-13(2)9-7-12-17(16,4)5/h13,15-16H,6-12H2,1-5H3/t13-,15+,16+/m0/s1. The van der Waals surface area contributed by atoms with Gasteiger partial charge in [-0.3, -0.25) is 4.79 Å². The summed E-state index contributed by atoms with van der Waals surface area (Å²) in [5.74, 6) is 1.45. The summed E-state index contributed by atoms with van der Waals surface area (Å²) in [5, 5.41) is 0. The highest BCUT2D eigenvalue weighted by Crippen LogP contribution is 2.46. The van der Waals surface area contributed by atoms with Crippen LogP contribution in [-0.4, -0.2) is 12.1 Å². The van der Waals surface area contributed by atoms with Gasteiger partial charge in [0.2, 0.25) is 0 Å². The van der Waals surface area contributed by atoms with E-state index in [0.717, 1.165) is 31.1 Å². The molecule has 0 amide bonds. The van der Waals surface area contributed by atoms with Crippen LogP contribution in [0.2, 0.25) is 0 Å². The molecule has 0 aromatic carbocycles. The van der Waals surface area contributed by atoms with Gasteiger partial charge in [0.05, 0.1) is 0 Å². The van der Waals surface area contributed by atoms with Crippen molar-refractivity contribution in [1.82, 2.24) is 0 Å². The van der Waals surface area contributed by atoms with E-state index >= 15 is 0 Å². The molecule has 112 valence electrons. The molecule has 0 radical (unpaired) electrons. The number of ether oxygens (including phenoxy) is 1. The van der Waals surface area contributed by atoms with E-state index < -0.39 is 0 Å². The van der Waals surface area contributed by atoms with E-state index in [0.29, 0.717) is 5.41 Å². The van der Waals surface area contributed by atoms with E-state index in [9.17, 15) is 4.79 Å². The minimum atomic E-state index is -0.130. The maximum absolute atomic E-state index is 11.1. The number of carbonyl (C=O) groups excluding carboxylic acids is 1. The predicted octanol–water partition coefficient (Wildman–Crippen LogP) is 4.96. The van der Waals surface area contributed by atoms with Crippen LogP contribution in [0.5, 0.6) is 0 Å². The van der Waals surface area contributed by atoms with Crippen molar-refractivity contribution in [2.24, 2.45) is 17.3 Å². The molecule has 1 rings (SSSR count). The van der Waals surface area contributed by atoms with Crippen LogP contribution in [0.1, 0.15) is 79.6 Å². The first-order valence-electron chi connectivity index (χ1n) is 8.04.